The summed E-state index contributed by atoms with van der Waals surface area (Å²) in [6, 6.07) is -0.812. The molecule has 124 heavy (non-hydrogen) atoms. The topological polar surface area (TPSA) is 679 Å². The zero-order valence-electron chi connectivity index (χ0n) is 68.4. The molecule has 0 aromatic heterocycles. The number of aliphatic carboxylic acids is 1. The molecule has 8 aliphatic rings. The van der Waals surface area contributed by atoms with Gasteiger partial charge in [-0.25, -0.2) is 4.79 Å². The number of carbonyl (C=O) groups excluding carboxylic acids is 7. The second kappa shape index (κ2) is 38.9. The molecule has 3 fully saturated rings. The van der Waals surface area contributed by atoms with Crippen LogP contribution in [-0.4, -0.2) is 290 Å². The van der Waals surface area contributed by atoms with Gasteiger partial charge in [0.2, 0.25) is 53.4 Å². The maximum absolute atomic E-state index is 16.8. The number of nitrogens with two attached hydrogens (primary N) is 3. The summed E-state index contributed by atoms with van der Waals surface area (Å²) < 4.78 is 51.9. The first-order valence-corrected chi connectivity index (χ1v) is 40.1. The fourth-order valence-electron chi connectivity index (χ4n) is 15.9. The van der Waals surface area contributed by atoms with E-state index in [1.54, 1.807) is 13.8 Å². The third kappa shape index (κ3) is 20.6. The Morgan fingerprint density at radius 2 is 1.28 bits per heavy atom. The van der Waals surface area contributed by atoms with Gasteiger partial charge in [0, 0.05) is 53.7 Å². The molecule has 28 N–H and O–H groups in total. The van der Waals surface area contributed by atoms with Gasteiger partial charge in [-0.2, -0.15) is 0 Å². The number of hydrogen-bond acceptors (Lipinski definition) is 34. The van der Waals surface area contributed by atoms with Gasteiger partial charge in [0.05, 0.1) is 66.8 Å². The first kappa shape index (κ1) is 94.8. The maximum atomic E-state index is 16.8. The highest BCUT2D eigenvalue weighted by atomic mass is 35.5. The third-order valence-corrected chi connectivity index (χ3v) is 22.9. The molecule has 14 unspecified atom stereocenters. The summed E-state index contributed by atoms with van der Waals surface area (Å²) in [4.78, 5) is 123. The van der Waals surface area contributed by atoms with E-state index >= 15 is 24.0 Å². The van der Waals surface area contributed by atoms with E-state index in [1.807, 2.05) is 0 Å². The molecule has 678 valence electrons. The number of carbonyl (C=O) groups is 8. The average molecular weight is 1770 g/mol. The van der Waals surface area contributed by atoms with Crippen LogP contribution in [0.25, 0.3) is 11.1 Å². The number of likely N-dealkylation sites (N-methyl/N-ethyl adjacent to an activating group) is 2. The first-order chi connectivity index (χ1) is 58.3. The number of benzene rings is 5. The van der Waals surface area contributed by atoms with Crippen molar-refractivity contribution >= 4 is 58.9 Å². The van der Waals surface area contributed by atoms with Crippen LogP contribution in [0.4, 0.5) is 0 Å². The lowest BCUT2D eigenvalue weighted by molar-refractivity contribution is -0.333. The Hall–Kier alpha value is -9.85. The number of carboxylic acids is 1. The summed E-state index contributed by atoms with van der Waals surface area (Å²) in [7, 11) is 2.71. The number of aliphatic hydroxyl groups excluding tert-OH is 11. The van der Waals surface area contributed by atoms with Crippen molar-refractivity contribution < 1.29 is 153 Å². The fourth-order valence-corrected chi connectivity index (χ4v) is 16.1. The highest BCUT2D eigenvalue weighted by Crippen LogP contribution is 2.52. The van der Waals surface area contributed by atoms with Gasteiger partial charge < -0.3 is 169 Å². The second-order valence-electron chi connectivity index (χ2n) is 32.8. The van der Waals surface area contributed by atoms with E-state index in [2.05, 4.69) is 37.2 Å². The molecule has 7 amide bonds. The van der Waals surface area contributed by atoms with Gasteiger partial charge in [-0.05, 0) is 125 Å². The molecule has 8 aliphatic heterocycles. The lowest BCUT2D eigenvalue weighted by Crippen LogP contribution is -2.64. The zero-order chi connectivity index (χ0) is 90.9. The van der Waals surface area contributed by atoms with Crippen molar-refractivity contribution in [3.8, 4) is 57.1 Å². The Kier molecular flexibility index (Phi) is 29.8. The minimum absolute atomic E-state index is 0.117. The van der Waals surface area contributed by atoms with Crippen LogP contribution in [0.2, 0.25) is 5.02 Å². The number of phenols is 3. The van der Waals surface area contributed by atoms with E-state index in [0.717, 1.165) is 47.4 Å². The molecule has 26 atom stereocenters. The molecule has 8 heterocycles. The number of carboxylic acid groups (broad SMARTS) is 1. The number of halogens is 1. The Balaban J connectivity index is 1.20. The first-order valence-electron chi connectivity index (χ1n) is 39.7. The number of primary amides is 1. The monoisotopic (exact) mass is 1760 g/mol. The quantitative estimate of drug-likeness (QED) is 0.0302. The van der Waals surface area contributed by atoms with Crippen LogP contribution in [0, 0.1) is 5.92 Å². The average Bonchev–Trinajstić information content (AvgIpc) is 1.32. The van der Waals surface area contributed by atoms with Crippen LogP contribution in [-0.2, 0) is 68.6 Å². The molecule has 13 rings (SSSR count). The molecule has 0 radical (unpaired) electrons. The Morgan fingerprint density at radius 1 is 0.677 bits per heavy atom. The van der Waals surface area contributed by atoms with Crippen LogP contribution in [0.3, 0.4) is 0 Å². The molecule has 0 saturated carbocycles. The number of nitrogens with zero attached hydrogens (tertiary/aromatic N) is 1. The summed E-state index contributed by atoms with van der Waals surface area (Å²) in [6.07, 6.45) is -31.5. The van der Waals surface area contributed by atoms with E-state index in [9.17, 15) is 91.0 Å². The Labute approximate surface area is 713 Å². The van der Waals surface area contributed by atoms with Crippen molar-refractivity contribution in [2.24, 2.45) is 23.1 Å². The summed E-state index contributed by atoms with van der Waals surface area (Å²) in [5.41, 5.74) is 11.7. The number of rotatable bonds is 23. The third-order valence-electron chi connectivity index (χ3n) is 22.6. The predicted molar refractivity (Wildman–Crippen MR) is 428 cm³/mol. The molecule has 0 aliphatic carbocycles. The molecule has 5 aromatic rings. The molecular formula is C81H106ClN11O31. The highest BCUT2D eigenvalue weighted by Gasteiger charge is 2.53. The van der Waals surface area contributed by atoms with E-state index in [4.69, 9.17) is 66.7 Å². The van der Waals surface area contributed by atoms with Gasteiger partial charge in [-0.3, -0.25) is 38.5 Å². The van der Waals surface area contributed by atoms with Crippen molar-refractivity contribution in [3.05, 3.63) is 117 Å². The van der Waals surface area contributed by atoms with Crippen molar-refractivity contribution in [1.29, 1.82) is 0 Å². The van der Waals surface area contributed by atoms with Crippen molar-refractivity contribution in [3.63, 3.8) is 0 Å². The van der Waals surface area contributed by atoms with Gasteiger partial charge in [-0.1, -0.05) is 55.8 Å². The number of phenolic OH excluding ortho intramolecular Hbond substituents is 3. The molecule has 3 saturated heterocycles. The van der Waals surface area contributed by atoms with E-state index in [-0.39, 0.29) is 42.1 Å². The van der Waals surface area contributed by atoms with Crippen molar-refractivity contribution in [1.82, 2.24) is 42.1 Å². The van der Waals surface area contributed by atoms with Crippen molar-refractivity contribution in [2.75, 3.05) is 33.9 Å². The van der Waals surface area contributed by atoms with Crippen LogP contribution in [0.1, 0.15) is 131 Å². The van der Waals surface area contributed by atoms with Gasteiger partial charge >= 0.3 is 5.97 Å². The SMILES string of the molecule is CNC(CC(C)C)C(=O)NC1C(=O)NC(CC(N)=O)C(=O)NC2C(=O)NC3C(=O)NC(C(=O)NC(C(=O)O)c4cc(O)c(CN(C)CC(O)C(O)C(O)C(O)CO)c(O)c4-c4c(O)cccc43)C(O[C@@H]3CC(C)(N)[C@H](O)[C@@H](C)O3)c3ccc(cc3)Oc3cc2cc(c3O[C@@H]2O[C@H](CO)[C@@H](O)[C@H](O)[C@H]2O[C@H]2C[C@](C)(N)[C@H](O)[C@H](C)O2)Oc2ccc(cc2Cl)C1O. The normalized spacial score (nSPS) is 31.1. The number of ether oxygens (including phenoxy) is 8. The van der Waals surface area contributed by atoms with E-state index in [1.165, 1.54) is 78.2 Å². The van der Waals surface area contributed by atoms with Gasteiger partial charge in [0.15, 0.2) is 36.2 Å². The van der Waals surface area contributed by atoms with Crippen LogP contribution >= 0.6 is 11.6 Å². The number of aromatic hydroxyl groups is 3. The molecule has 42 nitrogen and oxygen atoms in total. The lowest BCUT2D eigenvalue weighted by Gasteiger charge is -2.47. The fraction of sp³-hybridized carbons (Fsp3) is 0.531. The largest absolute Gasteiger partial charge is 0.507 e. The lowest BCUT2D eigenvalue weighted by atomic mass is 9.85. The molecular weight excluding hydrogens is 1660 g/mol. The molecule has 9 bridgehead atoms. The van der Waals surface area contributed by atoms with Crippen LogP contribution < -0.4 is 68.6 Å². The van der Waals surface area contributed by atoms with Gasteiger partial charge in [-0.15, -0.1) is 0 Å². The summed E-state index contributed by atoms with van der Waals surface area (Å²) >= 11 is 7.18. The number of aliphatic hydroxyl groups is 11. The smallest absolute Gasteiger partial charge is 0.330 e. The molecule has 5 aromatic carbocycles. The summed E-state index contributed by atoms with van der Waals surface area (Å²) in [6.45, 7) is 6.01. The zero-order valence-corrected chi connectivity index (χ0v) is 69.1. The maximum Gasteiger partial charge on any atom is 0.330 e. The number of hydrogen-bond donors (Lipinski definition) is 25. The minimum Gasteiger partial charge on any atom is -0.507 e. The second-order valence-corrected chi connectivity index (χ2v) is 33.3. The van der Waals surface area contributed by atoms with Crippen LogP contribution in [0.5, 0.6) is 46.0 Å². The highest BCUT2D eigenvalue weighted by molar-refractivity contribution is 6.32. The Morgan fingerprint density at radius 3 is 1.87 bits per heavy atom. The van der Waals surface area contributed by atoms with Crippen molar-refractivity contribution in [2.45, 2.75) is 231 Å². The molecule has 43 heteroatoms. The summed E-state index contributed by atoms with van der Waals surface area (Å²) in [5, 5.41) is 188. The van der Waals surface area contributed by atoms with Gasteiger partial charge in [0.1, 0.15) is 108 Å². The summed E-state index contributed by atoms with van der Waals surface area (Å²) in [5.74, 6) is -17.4. The number of amides is 7. The number of nitrogens with one attached hydrogen (secondary N) is 7. The van der Waals surface area contributed by atoms with Crippen LogP contribution in [0.15, 0.2) is 78.9 Å². The number of fused-ring (bicyclic) bond motifs is 14. The predicted octanol–water partition coefficient (Wildman–Crippen LogP) is -3.44. The van der Waals surface area contributed by atoms with E-state index in [0.29, 0.717) is 0 Å². The minimum atomic E-state index is -2.52. The molecule has 0 spiro atoms. The Bertz CT molecular complexity index is 4760. The van der Waals surface area contributed by atoms with Gasteiger partial charge in [0.25, 0.3) is 0 Å². The standard InChI is InChI=1S/C81H106ClN11O31/c1-30(2)18-41(86-7)72(109)91-59-61(101)34-14-17-47(40(82)19-34)120-49-21-35-20-48(68(49)124-79-69(66(106)65(105)50(29-95)121-79)123-53-25-81(6,85)71(108)32(4)118-53)119-36-15-12-33(13-16-36)67(122-52-24-80(5,84)70(107)31(3)117-52)60-77(114)90-58(78(115)116)38-22-44(97)39(26-93(8)27-45(98)63(103)64(104)46(99)28-94)62(102)55(38)54-37(10-9-11-43(54)96)57(75(112)92-60)89-74(111)56(35)88-73(110)42(23-51(83)100)87-76(59)113/h9-17,19-22,30-32,41-42,45-46,50,52-53,56-61,63-67,69-71,79,86,94-99,101-108H,18,23-29,84-85H2,1-8H3,(H2,83,100)(H,87,113)(H,88,110)(H,89,111)(H,90,114)(H,91,109)(H,92,112)(H,115,116)/t31-,32+,41?,42?,45?,46?,50-,52-,53+,56?,57?,58?,59?,60?,61?,63?,64?,65-,66+,67?,69-,70-,71-,79+,80?,81+/m1/s1. The van der Waals surface area contributed by atoms with E-state index < -0.39 is 316 Å².